The largest absolute Gasteiger partial charge is 0.490 e. The third kappa shape index (κ3) is 4.03. The van der Waals surface area contributed by atoms with E-state index in [9.17, 15) is 32.3 Å². The van der Waals surface area contributed by atoms with Gasteiger partial charge in [0.05, 0.1) is 11.1 Å². The first-order valence-corrected chi connectivity index (χ1v) is 10.0. The lowest BCUT2D eigenvalue weighted by Gasteiger charge is -2.57. The van der Waals surface area contributed by atoms with Crippen molar-refractivity contribution < 1.29 is 42.3 Å². The van der Waals surface area contributed by atoms with Gasteiger partial charge in [-0.2, -0.15) is 13.2 Å². The highest BCUT2D eigenvalue weighted by Crippen LogP contribution is 2.39. The maximum Gasteiger partial charge on any atom is 0.490 e. The summed E-state index contributed by atoms with van der Waals surface area (Å²) >= 11 is 0. The number of anilines is 1. The summed E-state index contributed by atoms with van der Waals surface area (Å²) < 4.78 is 31.7. The van der Waals surface area contributed by atoms with Gasteiger partial charge in [-0.05, 0) is 24.6 Å². The van der Waals surface area contributed by atoms with Crippen molar-refractivity contribution in [2.24, 2.45) is 5.41 Å². The minimum Gasteiger partial charge on any atom is -0.475 e. The number of hydrogen-bond acceptors (Lipinski definition) is 7. The van der Waals surface area contributed by atoms with E-state index in [4.69, 9.17) is 9.90 Å². The predicted molar refractivity (Wildman–Crippen MR) is 104 cm³/mol. The van der Waals surface area contributed by atoms with Crippen LogP contribution in [-0.2, 0) is 14.4 Å². The molecule has 1 atom stereocenters. The van der Waals surface area contributed by atoms with Crippen LogP contribution in [0.1, 0.15) is 33.6 Å². The number of imide groups is 2. The van der Waals surface area contributed by atoms with Crippen molar-refractivity contribution in [3.05, 3.63) is 29.3 Å². The number of nitrogens with one attached hydrogen (secondary N) is 2. The molecule has 0 bridgehead atoms. The number of carbonyl (C=O) groups is 5. The third-order valence-corrected chi connectivity index (χ3v) is 6.08. The second kappa shape index (κ2) is 7.83. The molecule has 33 heavy (non-hydrogen) atoms. The highest BCUT2D eigenvalue weighted by atomic mass is 19.4. The molecular weight excluding hydrogens is 449 g/mol. The number of amides is 4. The van der Waals surface area contributed by atoms with E-state index in [1.807, 2.05) is 6.07 Å². The molecule has 4 heterocycles. The van der Waals surface area contributed by atoms with Gasteiger partial charge in [0.25, 0.3) is 11.8 Å². The molecule has 0 aromatic heterocycles. The molecule has 176 valence electrons. The van der Waals surface area contributed by atoms with Gasteiger partial charge in [0.15, 0.2) is 0 Å². The minimum atomic E-state index is -5.08. The fourth-order valence-corrected chi connectivity index (χ4v) is 4.30. The Bertz CT molecular complexity index is 1060. The average Bonchev–Trinajstić information content (AvgIpc) is 2.90. The van der Waals surface area contributed by atoms with Crippen LogP contribution in [0.4, 0.5) is 18.9 Å². The number of halogens is 3. The molecule has 0 aliphatic carbocycles. The Labute approximate surface area is 184 Å². The van der Waals surface area contributed by atoms with Gasteiger partial charge in [0.1, 0.15) is 6.04 Å². The molecule has 3 N–H and O–H groups in total. The molecule has 1 aromatic rings. The summed E-state index contributed by atoms with van der Waals surface area (Å²) in [7, 11) is 0. The number of aliphatic carboxylic acids is 1. The van der Waals surface area contributed by atoms with Gasteiger partial charge in [-0.25, -0.2) is 4.79 Å². The van der Waals surface area contributed by atoms with E-state index < -0.39 is 35.9 Å². The quantitative estimate of drug-likeness (QED) is 0.522. The van der Waals surface area contributed by atoms with Crippen LogP contribution in [0.2, 0.25) is 0 Å². The second-order valence-corrected chi connectivity index (χ2v) is 8.44. The lowest BCUT2D eigenvalue weighted by molar-refractivity contribution is -0.192. The van der Waals surface area contributed by atoms with E-state index in [0.29, 0.717) is 16.5 Å². The third-order valence-electron chi connectivity index (χ3n) is 6.08. The molecule has 1 aromatic carbocycles. The first-order chi connectivity index (χ1) is 15.4. The Balaban J connectivity index is 0.000000325. The van der Waals surface area contributed by atoms with E-state index >= 15 is 0 Å². The van der Waals surface area contributed by atoms with E-state index in [1.54, 1.807) is 12.1 Å². The molecule has 3 saturated heterocycles. The van der Waals surface area contributed by atoms with Crippen LogP contribution in [0.15, 0.2) is 18.2 Å². The van der Waals surface area contributed by atoms with Crippen LogP contribution in [0.5, 0.6) is 0 Å². The molecule has 4 aliphatic heterocycles. The van der Waals surface area contributed by atoms with Gasteiger partial charge in [0.2, 0.25) is 11.8 Å². The Hall–Kier alpha value is -3.48. The number of nitrogens with zero attached hydrogens (tertiary/aromatic N) is 2. The summed E-state index contributed by atoms with van der Waals surface area (Å²) in [5.74, 6) is -4.63. The van der Waals surface area contributed by atoms with Crippen LogP contribution >= 0.6 is 0 Å². The van der Waals surface area contributed by atoms with E-state index in [0.717, 1.165) is 36.8 Å². The number of carboxylic acids is 1. The van der Waals surface area contributed by atoms with Gasteiger partial charge in [0, 0.05) is 43.7 Å². The summed E-state index contributed by atoms with van der Waals surface area (Å²) in [6.45, 7) is 3.93. The number of carbonyl (C=O) groups excluding carboxylic acids is 4. The number of piperidine rings is 1. The Morgan fingerprint density at radius 2 is 1.67 bits per heavy atom. The normalized spacial score (nSPS) is 23.3. The Morgan fingerprint density at radius 1 is 1.06 bits per heavy atom. The SMILES string of the molecule is O=C(O)C(F)(F)F.O=C1CCC(N2C(=O)c3ccc(N4CC5(CNC5)C4)cc3C2=O)C(=O)N1. The molecular formula is C20H19F3N4O6. The van der Waals surface area contributed by atoms with Crippen LogP contribution in [0, 0.1) is 5.41 Å². The van der Waals surface area contributed by atoms with Crippen molar-refractivity contribution in [1.82, 2.24) is 15.5 Å². The van der Waals surface area contributed by atoms with Gasteiger partial charge in [-0.15, -0.1) is 0 Å². The molecule has 0 saturated carbocycles. The topological polar surface area (TPSA) is 136 Å². The predicted octanol–water partition coefficient (Wildman–Crippen LogP) is 0.131. The van der Waals surface area contributed by atoms with E-state index in [1.165, 1.54) is 0 Å². The lowest BCUT2D eigenvalue weighted by atomic mass is 9.74. The number of hydrogen-bond donors (Lipinski definition) is 3. The fourth-order valence-electron chi connectivity index (χ4n) is 4.30. The van der Waals surface area contributed by atoms with Crippen molar-refractivity contribution in [1.29, 1.82) is 0 Å². The van der Waals surface area contributed by atoms with Crippen LogP contribution in [0.3, 0.4) is 0 Å². The first kappa shape index (κ1) is 22.7. The summed E-state index contributed by atoms with van der Waals surface area (Å²) in [5, 5.41) is 12.6. The van der Waals surface area contributed by atoms with E-state index in [2.05, 4.69) is 15.5 Å². The molecule has 5 rings (SSSR count). The number of alkyl halides is 3. The zero-order valence-corrected chi connectivity index (χ0v) is 17.1. The average molecular weight is 468 g/mol. The van der Waals surface area contributed by atoms with Gasteiger partial charge < -0.3 is 15.3 Å². The van der Waals surface area contributed by atoms with Crippen LogP contribution < -0.4 is 15.5 Å². The van der Waals surface area contributed by atoms with Crippen molar-refractivity contribution in [3.63, 3.8) is 0 Å². The summed E-state index contributed by atoms with van der Waals surface area (Å²) in [6.07, 6.45) is -4.79. The van der Waals surface area contributed by atoms with Crippen molar-refractivity contribution in [2.45, 2.75) is 25.1 Å². The highest BCUT2D eigenvalue weighted by molar-refractivity contribution is 6.23. The molecule has 1 unspecified atom stereocenters. The molecule has 0 radical (unpaired) electrons. The Morgan fingerprint density at radius 3 is 2.18 bits per heavy atom. The zero-order valence-electron chi connectivity index (χ0n) is 17.1. The molecule has 3 fully saturated rings. The van der Waals surface area contributed by atoms with E-state index in [-0.39, 0.29) is 18.7 Å². The maximum atomic E-state index is 12.8. The smallest absolute Gasteiger partial charge is 0.475 e. The monoisotopic (exact) mass is 468 g/mol. The van der Waals surface area contributed by atoms with Gasteiger partial charge >= 0.3 is 12.1 Å². The maximum absolute atomic E-state index is 12.8. The summed E-state index contributed by atoms with van der Waals surface area (Å²) in [5.41, 5.74) is 1.94. The number of benzene rings is 1. The van der Waals surface area contributed by atoms with Crippen molar-refractivity contribution in [2.75, 3.05) is 31.1 Å². The van der Waals surface area contributed by atoms with Crippen molar-refractivity contribution >= 4 is 35.3 Å². The zero-order chi connectivity index (χ0) is 24.1. The lowest BCUT2D eigenvalue weighted by Crippen LogP contribution is -2.71. The molecule has 4 amide bonds. The van der Waals surface area contributed by atoms with Gasteiger partial charge in [-0.1, -0.05) is 0 Å². The first-order valence-electron chi connectivity index (χ1n) is 10.0. The molecule has 10 nitrogen and oxygen atoms in total. The number of carboxylic acid groups (broad SMARTS) is 1. The second-order valence-electron chi connectivity index (χ2n) is 8.44. The van der Waals surface area contributed by atoms with Crippen molar-refractivity contribution in [3.8, 4) is 0 Å². The highest BCUT2D eigenvalue weighted by Gasteiger charge is 2.49. The minimum absolute atomic E-state index is 0.124. The number of rotatable bonds is 2. The summed E-state index contributed by atoms with van der Waals surface area (Å²) in [6, 6.07) is 4.36. The van der Waals surface area contributed by atoms with Crippen LogP contribution in [-0.4, -0.2) is 78.0 Å². The Kier molecular flexibility index (Phi) is 5.39. The fraction of sp³-hybridized carbons (Fsp3) is 0.450. The number of fused-ring (bicyclic) bond motifs is 1. The molecule has 13 heteroatoms. The van der Waals surface area contributed by atoms with Crippen LogP contribution in [0.25, 0.3) is 0 Å². The molecule has 1 spiro atoms. The van der Waals surface area contributed by atoms with Gasteiger partial charge in [-0.3, -0.25) is 29.4 Å². The summed E-state index contributed by atoms with van der Waals surface area (Å²) in [4.78, 5) is 61.0. The molecule has 4 aliphatic rings. The standard InChI is InChI=1S/C18H18N4O4.C2HF3O2/c23-14-4-3-13(15(24)20-14)22-16(25)11-2-1-10(5-12(11)17(22)26)21-8-18(9-21)6-19-7-18;3-2(4,5)1(6)7/h1-2,5,13,19H,3-4,6-9H2,(H,20,23,24);(H,6,7).